The summed E-state index contributed by atoms with van der Waals surface area (Å²) in [6, 6.07) is 15.8. The Morgan fingerprint density at radius 2 is 1.74 bits per heavy atom. The summed E-state index contributed by atoms with van der Waals surface area (Å²) in [4.78, 5) is 12.4. The van der Waals surface area contributed by atoms with Crippen molar-refractivity contribution in [1.82, 2.24) is 5.32 Å². The summed E-state index contributed by atoms with van der Waals surface area (Å²) in [5, 5.41) is 2.84. The number of nitrogens with zero attached hydrogens (tertiary/aromatic N) is 1. The highest BCUT2D eigenvalue weighted by Gasteiger charge is 2.24. The molecule has 7 heteroatoms. The van der Waals surface area contributed by atoms with Crippen LogP contribution in [0.5, 0.6) is 11.5 Å². The van der Waals surface area contributed by atoms with Gasteiger partial charge in [-0.05, 0) is 37.6 Å². The normalized spacial score (nSPS) is 12.3. The third kappa shape index (κ3) is 6.29. The zero-order valence-corrected chi connectivity index (χ0v) is 16.7. The summed E-state index contributed by atoms with van der Waals surface area (Å²) in [5.74, 6) is 0.596. The van der Waals surface area contributed by atoms with E-state index in [1.807, 2.05) is 32.0 Å². The maximum absolute atomic E-state index is 12.4. The Kier molecular flexibility index (Phi) is 7.24. The van der Waals surface area contributed by atoms with Gasteiger partial charge in [0.05, 0.1) is 11.9 Å². The first kappa shape index (κ1) is 20.8. The van der Waals surface area contributed by atoms with Crippen LogP contribution in [0.3, 0.4) is 0 Å². The lowest BCUT2D eigenvalue weighted by Gasteiger charge is -2.25. The average Bonchev–Trinajstić information content (AvgIpc) is 2.60. The number of nitrogens with one attached hydrogen (secondary N) is 1. The number of para-hydroxylation sites is 3. The Bertz CT molecular complexity index is 853. The van der Waals surface area contributed by atoms with E-state index in [2.05, 4.69) is 5.32 Å². The maximum Gasteiger partial charge on any atom is 0.240 e. The third-order valence-corrected chi connectivity index (χ3v) is 5.05. The molecule has 0 saturated carbocycles. The van der Waals surface area contributed by atoms with Crippen LogP contribution in [0.15, 0.2) is 54.6 Å². The summed E-state index contributed by atoms with van der Waals surface area (Å²) < 4.78 is 31.7. The minimum Gasteiger partial charge on any atom is -0.455 e. The van der Waals surface area contributed by atoms with Gasteiger partial charge in [-0.3, -0.25) is 9.10 Å². The summed E-state index contributed by atoms with van der Waals surface area (Å²) in [6.07, 6.45) is 2.85. The number of carbonyl (C=O) groups excluding carboxylic acids is 1. The monoisotopic (exact) mass is 390 g/mol. The summed E-state index contributed by atoms with van der Waals surface area (Å²) in [5.41, 5.74) is 0.321. The van der Waals surface area contributed by atoms with Gasteiger partial charge in [0.15, 0.2) is 5.75 Å². The van der Waals surface area contributed by atoms with Gasteiger partial charge in [-0.25, -0.2) is 8.42 Å². The zero-order chi connectivity index (χ0) is 19.9. The van der Waals surface area contributed by atoms with Crippen LogP contribution in [0.4, 0.5) is 5.69 Å². The Labute approximate surface area is 161 Å². The van der Waals surface area contributed by atoms with Crippen molar-refractivity contribution in [3.8, 4) is 11.5 Å². The maximum atomic E-state index is 12.4. The largest absolute Gasteiger partial charge is 0.455 e. The van der Waals surface area contributed by atoms with Crippen LogP contribution < -0.4 is 14.4 Å². The molecule has 0 bridgehead atoms. The van der Waals surface area contributed by atoms with Crippen molar-refractivity contribution in [2.24, 2.45) is 0 Å². The van der Waals surface area contributed by atoms with E-state index >= 15 is 0 Å². The first-order valence-corrected chi connectivity index (χ1v) is 10.7. The smallest absolute Gasteiger partial charge is 0.240 e. The van der Waals surface area contributed by atoms with E-state index in [4.69, 9.17) is 4.74 Å². The quantitative estimate of drug-likeness (QED) is 0.710. The number of ether oxygens (including phenoxy) is 1. The fraction of sp³-hybridized carbons (Fsp3) is 0.350. The summed E-state index contributed by atoms with van der Waals surface area (Å²) in [7, 11) is -3.68. The molecule has 27 heavy (non-hydrogen) atoms. The SMILES string of the molecule is CCCC(C)NC(=O)CN(c1ccccc1Oc1ccccc1)S(C)(=O)=O. The lowest BCUT2D eigenvalue weighted by molar-refractivity contribution is -0.120. The minimum atomic E-state index is -3.68. The van der Waals surface area contributed by atoms with Crippen molar-refractivity contribution in [3.05, 3.63) is 54.6 Å². The van der Waals surface area contributed by atoms with Crippen molar-refractivity contribution in [3.63, 3.8) is 0 Å². The molecule has 2 aromatic carbocycles. The Hall–Kier alpha value is -2.54. The number of sulfonamides is 1. The van der Waals surface area contributed by atoms with E-state index in [1.54, 1.807) is 36.4 Å². The molecule has 0 spiro atoms. The molecule has 6 nitrogen and oxygen atoms in total. The van der Waals surface area contributed by atoms with Crippen molar-refractivity contribution in [2.45, 2.75) is 32.7 Å². The van der Waals surface area contributed by atoms with Crippen LogP contribution in [0.25, 0.3) is 0 Å². The fourth-order valence-corrected chi connectivity index (χ4v) is 3.56. The number of hydrogen-bond acceptors (Lipinski definition) is 4. The number of rotatable bonds is 9. The van der Waals surface area contributed by atoms with Crippen LogP contribution in [-0.4, -0.2) is 33.2 Å². The molecule has 0 fully saturated rings. The molecule has 1 unspecified atom stereocenters. The Balaban J connectivity index is 2.28. The minimum absolute atomic E-state index is 0.0141. The van der Waals surface area contributed by atoms with Gasteiger partial charge in [0, 0.05) is 6.04 Å². The lowest BCUT2D eigenvalue weighted by atomic mass is 10.2. The Morgan fingerprint density at radius 3 is 2.37 bits per heavy atom. The van der Waals surface area contributed by atoms with Crippen LogP contribution in [-0.2, 0) is 14.8 Å². The van der Waals surface area contributed by atoms with Crippen LogP contribution in [0.1, 0.15) is 26.7 Å². The van der Waals surface area contributed by atoms with E-state index < -0.39 is 10.0 Å². The van der Waals surface area contributed by atoms with Gasteiger partial charge in [0.1, 0.15) is 12.3 Å². The van der Waals surface area contributed by atoms with Gasteiger partial charge in [0.25, 0.3) is 0 Å². The van der Waals surface area contributed by atoms with Crippen LogP contribution >= 0.6 is 0 Å². The molecule has 0 radical (unpaired) electrons. The predicted octanol–water partition coefficient (Wildman–Crippen LogP) is 3.55. The molecule has 0 aliphatic carbocycles. The molecule has 1 N–H and O–H groups in total. The second kappa shape index (κ2) is 9.41. The number of hydrogen-bond donors (Lipinski definition) is 1. The molecule has 146 valence electrons. The summed E-state index contributed by atoms with van der Waals surface area (Å²) in [6.45, 7) is 3.63. The number of amides is 1. The van der Waals surface area contributed by atoms with Gasteiger partial charge >= 0.3 is 0 Å². The molecule has 0 aliphatic heterocycles. The molecule has 0 aromatic heterocycles. The lowest BCUT2D eigenvalue weighted by Crippen LogP contribution is -2.43. The molecule has 2 rings (SSSR count). The highest BCUT2D eigenvalue weighted by Crippen LogP contribution is 2.33. The third-order valence-electron chi connectivity index (χ3n) is 3.92. The fourth-order valence-electron chi connectivity index (χ4n) is 2.70. The van der Waals surface area contributed by atoms with Crippen molar-refractivity contribution >= 4 is 21.6 Å². The van der Waals surface area contributed by atoms with E-state index in [1.165, 1.54) is 0 Å². The number of benzene rings is 2. The van der Waals surface area contributed by atoms with E-state index in [-0.39, 0.29) is 18.5 Å². The highest BCUT2D eigenvalue weighted by atomic mass is 32.2. The van der Waals surface area contributed by atoms with Gasteiger partial charge in [-0.2, -0.15) is 0 Å². The second-order valence-electron chi connectivity index (χ2n) is 6.41. The molecule has 2 aromatic rings. The molecular weight excluding hydrogens is 364 g/mol. The average molecular weight is 391 g/mol. The van der Waals surface area contributed by atoms with Crippen molar-refractivity contribution in [2.75, 3.05) is 17.1 Å². The molecule has 0 aliphatic rings. The van der Waals surface area contributed by atoms with Crippen LogP contribution in [0, 0.1) is 0 Å². The Morgan fingerprint density at radius 1 is 1.11 bits per heavy atom. The first-order chi connectivity index (χ1) is 12.8. The molecule has 0 saturated heterocycles. The second-order valence-corrected chi connectivity index (χ2v) is 8.32. The van der Waals surface area contributed by atoms with E-state index in [0.29, 0.717) is 17.2 Å². The van der Waals surface area contributed by atoms with Gasteiger partial charge < -0.3 is 10.1 Å². The van der Waals surface area contributed by atoms with E-state index in [9.17, 15) is 13.2 Å². The molecular formula is C20H26N2O4S. The first-order valence-electron chi connectivity index (χ1n) is 8.90. The van der Waals surface area contributed by atoms with E-state index in [0.717, 1.165) is 23.4 Å². The number of carbonyl (C=O) groups is 1. The van der Waals surface area contributed by atoms with Gasteiger partial charge in [-0.1, -0.05) is 43.7 Å². The topological polar surface area (TPSA) is 75.7 Å². The molecule has 0 heterocycles. The highest BCUT2D eigenvalue weighted by molar-refractivity contribution is 7.92. The molecule has 1 atom stereocenters. The number of anilines is 1. The van der Waals surface area contributed by atoms with Crippen molar-refractivity contribution < 1.29 is 17.9 Å². The predicted molar refractivity (Wildman–Crippen MR) is 108 cm³/mol. The molecule has 1 amide bonds. The zero-order valence-electron chi connectivity index (χ0n) is 15.9. The van der Waals surface area contributed by atoms with Crippen molar-refractivity contribution in [1.29, 1.82) is 0 Å². The van der Waals surface area contributed by atoms with Gasteiger partial charge in [0.2, 0.25) is 15.9 Å². The standard InChI is InChI=1S/C20H26N2O4S/c1-4-10-16(2)21-20(23)15-22(27(3,24)25)18-13-8-9-14-19(18)26-17-11-6-5-7-12-17/h5-9,11-14,16H,4,10,15H2,1-3H3,(H,21,23). The van der Waals surface area contributed by atoms with Gasteiger partial charge in [-0.15, -0.1) is 0 Å². The van der Waals surface area contributed by atoms with Crippen LogP contribution in [0.2, 0.25) is 0 Å². The summed E-state index contributed by atoms with van der Waals surface area (Å²) >= 11 is 0.